The van der Waals surface area contributed by atoms with Crippen molar-refractivity contribution < 1.29 is 33.7 Å². The fraction of sp³-hybridized carbons (Fsp3) is 0.618. The molecule has 1 spiro atoms. The van der Waals surface area contributed by atoms with Crippen molar-refractivity contribution in [1.82, 2.24) is 14.7 Å². The Morgan fingerprint density at radius 3 is 2.33 bits per heavy atom. The van der Waals surface area contributed by atoms with Gasteiger partial charge in [0.15, 0.2) is 0 Å². The SMILES string of the molecule is CCOc1ccc(N2CC=C[C@@]3(CC)O[C@]45C=CCN(CCN6CCOCC6)C(=O)C4N([C@@H](CC)CO)C(=O)[C@@H]5[C@H]3C2=O)cc1. The van der Waals surface area contributed by atoms with Crippen LogP contribution < -0.4 is 9.64 Å². The number of ether oxygens (including phenoxy) is 3. The normalized spacial score (nSPS) is 32.3. The molecule has 3 amide bonds. The quantitative estimate of drug-likeness (QED) is 0.394. The molecular weight excluding hydrogens is 576 g/mol. The zero-order valence-electron chi connectivity index (χ0n) is 26.6. The average Bonchev–Trinajstić information content (AvgIpc) is 3.35. The van der Waals surface area contributed by atoms with Gasteiger partial charge in [-0.25, -0.2) is 0 Å². The number of hydrogen-bond acceptors (Lipinski definition) is 8. The maximum atomic E-state index is 14.7. The minimum atomic E-state index is -1.35. The van der Waals surface area contributed by atoms with E-state index in [1.807, 2.05) is 69.3 Å². The first-order valence-electron chi connectivity index (χ1n) is 16.5. The molecule has 11 nitrogen and oxygen atoms in total. The summed E-state index contributed by atoms with van der Waals surface area (Å²) in [5, 5.41) is 10.4. The van der Waals surface area contributed by atoms with Crippen molar-refractivity contribution in [3.63, 3.8) is 0 Å². The molecule has 5 aliphatic rings. The lowest BCUT2D eigenvalue weighted by Crippen LogP contribution is -2.59. The van der Waals surface area contributed by atoms with Gasteiger partial charge in [-0.15, -0.1) is 0 Å². The monoisotopic (exact) mass is 622 g/mol. The number of rotatable bonds is 10. The van der Waals surface area contributed by atoms with Crippen LogP contribution in [0, 0.1) is 11.8 Å². The van der Waals surface area contributed by atoms with E-state index in [4.69, 9.17) is 14.2 Å². The number of carbonyl (C=O) groups excluding carboxylic acids is 3. The standard InChI is InChI=1S/C34H46N4O7/c1-4-24(23-39)38-29-32(42)36(18-17-35-19-21-43-22-20-35)15-8-14-34(29)28(31(38)41)27-30(40)37(16-7-13-33(27,5-2)45-34)25-9-11-26(12-10-25)44-6-3/h7-14,24,27-29,39H,4-6,15-23H2,1-3H3/t24-,27-,28-,29?,33+,34-/m0/s1. The highest BCUT2D eigenvalue weighted by atomic mass is 16.5. The highest BCUT2D eigenvalue weighted by molar-refractivity contribution is 6.04. The molecule has 1 aromatic rings. The van der Waals surface area contributed by atoms with Crippen LogP contribution in [0.3, 0.4) is 0 Å². The van der Waals surface area contributed by atoms with E-state index in [1.165, 1.54) is 0 Å². The highest BCUT2D eigenvalue weighted by Gasteiger charge is 2.75. The first-order chi connectivity index (χ1) is 21.8. The van der Waals surface area contributed by atoms with Crippen LogP contribution in [0.5, 0.6) is 5.75 Å². The summed E-state index contributed by atoms with van der Waals surface area (Å²) in [6, 6.07) is 5.81. The predicted octanol–water partition coefficient (Wildman–Crippen LogP) is 1.85. The number of fused-ring (bicyclic) bond motifs is 2. The zero-order valence-corrected chi connectivity index (χ0v) is 26.6. The number of morpholine rings is 1. The smallest absolute Gasteiger partial charge is 0.249 e. The Kier molecular flexibility index (Phi) is 9.07. The summed E-state index contributed by atoms with van der Waals surface area (Å²) in [7, 11) is 0. The third-order valence-electron chi connectivity index (χ3n) is 10.3. The van der Waals surface area contributed by atoms with Crippen LogP contribution in [-0.4, -0.2) is 127 Å². The molecule has 45 heavy (non-hydrogen) atoms. The number of carbonyl (C=O) groups is 3. The van der Waals surface area contributed by atoms with Gasteiger partial charge in [-0.1, -0.05) is 38.2 Å². The molecule has 3 saturated heterocycles. The molecule has 244 valence electrons. The fourth-order valence-corrected chi connectivity index (χ4v) is 7.96. The van der Waals surface area contributed by atoms with Gasteiger partial charge in [0, 0.05) is 45.0 Å². The number of nitrogens with zero attached hydrogens (tertiary/aromatic N) is 4. The lowest BCUT2D eigenvalue weighted by Gasteiger charge is -2.41. The molecule has 1 N–H and O–H groups in total. The van der Waals surface area contributed by atoms with Gasteiger partial charge in [-0.2, -0.15) is 0 Å². The first kappa shape index (κ1) is 31.7. The van der Waals surface area contributed by atoms with E-state index in [2.05, 4.69) is 4.90 Å². The Morgan fingerprint density at radius 1 is 0.933 bits per heavy atom. The van der Waals surface area contributed by atoms with Crippen LogP contribution in [0.4, 0.5) is 5.69 Å². The Balaban J connectivity index is 1.39. The van der Waals surface area contributed by atoms with Crippen LogP contribution >= 0.6 is 0 Å². The third kappa shape index (κ3) is 5.27. The summed E-state index contributed by atoms with van der Waals surface area (Å²) < 4.78 is 18.2. The van der Waals surface area contributed by atoms with Crippen molar-refractivity contribution in [3.8, 4) is 5.75 Å². The Bertz CT molecular complexity index is 1320. The second-order valence-electron chi connectivity index (χ2n) is 12.5. The van der Waals surface area contributed by atoms with Crippen molar-refractivity contribution in [3.05, 3.63) is 48.6 Å². The summed E-state index contributed by atoms with van der Waals surface area (Å²) in [5.41, 5.74) is -1.73. The number of aliphatic hydroxyl groups excluding tert-OH is 1. The Hall–Kier alpha value is -3.25. The third-order valence-corrected chi connectivity index (χ3v) is 10.3. The molecule has 6 rings (SSSR count). The Labute approximate surface area is 265 Å². The summed E-state index contributed by atoms with van der Waals surface area (Å²) in [4.78, 5) is 51.3. The second-order valence-corrected chi connectivity index (χ2v) is 12.5. The summed E-state index contributed by atoms with van der Waals surface area (Å²) >= 11 is 0. The predicted molar refractivity (Wildman–Crippen MR) is 168 cm³/mol. The van der Waals surface area contributed by atoms with Crippen LogP contribution in [0.25, 0.3) is 0 Å². The summed E-state index contributed by atoms with van der Waals surface area (Å²) in [6.45, 7) is 10.9. The van der Waals surface area contributed by atoms with E-state index in [1.54, 1.807) is 14.7 Å². The molecular formula is C34H46N4O7. The Morgan fingerprint density at radius 2 is 1.67 bits per heavy atom. The first-order valence-corrected chi connectivity index (χ1v) is 16.5. The molecule has 0 aromatic heterocycles. The van der Waals surface area contributed by atoms with Crippen molar-refractivity contribution in [1.29, 1.82) is 0 Å². The van der Waals surface area contributed by atoms with Gasteiger partial charge >= 0.3 is 0 Å². The summed E-state index contributed by atoms with van der Waals surface area (Å²) in [5.74, 6) is -1.81. The molecule has 1 unspecified atom stereocenters. The highest BCUT2D eigenvalue weighted by Crippen LogP contribution is 2.59. The molecule has 6 atom stereocenters. The average molecular weight is 623 g/mol. The summed E-state index contributed by atoms with van der Waals surface area (Å²) in [6.07, 6.45) is 8.59. The van der Waals surface area contributed by atoms with Crippen LogP contribution in [0.1, 0.15) is 33.6 Å². The van der Waals surface area contributed by atoms with Crippen molar-refractivity contribution in [2.24, 2.45) is 11.8 Å². The minimum absolute atomic E-state index is 0.210. The fourth-order valence-electron chi connectivity index (χ4n) is 7.96. The van der Waals surface area contributed by atoms with Gasteiger partial charge in [0.2, 0.25) is 17.7 Å². The largest absolute Gasteiger partial charge is 0.494 e. The number of aliphatic hydroxyl groups is 1. The molecule has 0 aliphatic carbocycles. The van der Waals surface area contributed by atoms with Crippen molar-refractivity contribution in [2.45, 2.75) is 56.9 Å². The number of anilines is 1. The topological polar surface area (TPSA) is 112 Å². The van der Waals surface area contributed by atoms with Crippen LogP contribution in [0.15, 0.2) is 48.6 Å². The van der Waals surface area contributed by atoms with Crippen molar-refractivity contribution >= 4 is 23.4 Å². The number of amides is 3. The molecule has 0 bridgehead atoms. The molecule has 5 heterocycles. The molecule has 11 heteroatoms. The molecule has 0 radical (unpaired) electrons. The van der Waals surface area contributed by atoms with E-state index in [0.29, 0.717) is 70.3 Å². The van der Waals surface area contributed by atoms with E-state index in [-0.39, 0.29) is 24.3 Å². The lowest BCUT2D eigenvalue weighted by atomic mass is 9.73. The number of likely N-dealkylation sites (tertiary alicyclic amines) is 1. The van der Waals surface area contributed by atoms with Gasteiger partial charge in [0.05, 0.1) is 49.9 Å². The molecule has 5 aliphatic heterocycles. The maximum Gasteiger partial charge on any atom is 0.249 e. The van der Waals surface area contributed by atoms with Gasteiger partial charge in [-0.3, -0.25) is 19.3 Å². The molecule has 1 aromatic carbocycles. The number of hydrogen-bond donors (Lipinski definition) is 1. The van der Waals surface area contributed by atoms with Gasteiger partial charge in [0.1, 0.15) is 17.4 Å². The zero-order chi connectivity index (χ0) is 31.8. The van der Waals surface area contributed by atoms with E-state index in [0.717, 1.165) is 13.1 Å². The lowest BCUT2D eigenvalue weighted by molar-refractivity contribution is -0.155. The van der Waals surface area contributed by atoms with Crippen LogP contribution in [-0.2, 0) is 23.9 Å². The molecule has 3 fully saturated rings. The van der Waals surface area contributed by atoms with Gasteiger partial charge in [-0.05, 0) is 44.0 Å². The van der Waals surface area contributed by atoms with E-state index >= 15 is 0 Å². The van der Waals surface area contributed by atoms with E-state index < -0.39 is 35.1 Å². The minimum Gasteiger partial charge on any atom is -0.494 e. The maximum absolute atomic E-state index is 14.7. The second kappa shape index (κ2) is 12.9. The van der Waals surface area contributed by atoms with Crippen molar-refractivity contribution in [2.75, 3.05) is 70.6 Å². The van der Waals surface area contributed by atoms with Gasteiger partial charge in [0.25, 0.3) is 0 Å². The van der Waals surface area contributed by atoms with Gasteiger partial charge < -0.3 is 34.0 Å². The number of benzene rings is 1. The van der Waals surface area contributed by atoms with Crippen LogP contribution in [0.2, 0.25) is 0 Å². The molecule has 0 saturated carbocycles. The van der Waals surface area contributed by atoms with E-state index in [9.17, 15) is 19.5 Å².